The van der Waals surface area contributed by atoms with Crippen molar-refractivity contribution in [3.05, 3.63) is 35.4 Å². The van der Waals surface area contributed by atoms with Gasteiger partial charge in [-0.05, 0) is 26.7 Å². The largest absolute Gasteiger partial charge is 0.472 e. The molecule has 0 bridgehead atoms. The minimum absolute atomic E-state index is 0.288. The van der Waals surface area contributed by atoms with Crippen LogP contribution in [-0.2, 0) is 13.6 Å². The van der Waals surface area contributed by atoms with E-state index in [9.17, 15) is 4.57 Å². The molecule has 1 aromatic rings. The van der Waals surface area contributed by atoms with Gasteiger partial charge in [-0.3, -0.25) is 9.05 Å². The van der Waals surface area contributed by atoms with Crippen molar-refractivity contribution in [3.63, 3.8) is 0 Å². The highest BCUT2D eigenvalue weighted by atomic mass is 31.2. The van der Waals surface area contributed by atoms with E-state index in [0.29, 0.717) is 0 Å². The van der Waals surface area contributed by atoms with E-state index in [-0.39, 0.29) is 13.2 Å². The first-order valence-corrected chi connectivity index (χ1v) is 9.06. The van der Waals surface area contributed by atoms with Crippen molar-refractivity contribution < 1.29 is 18.5 Å². The summed E-state index contributed by atoms with van der Waals surface area (Å²) in [5.41, 5.74) is 2.66. The molecule has 5 heteroatoms. The van der Waals surface area contributed by atoms with Crippen molar-refractivity contribution in [2.45, 2.75) is 53.4 Å². The van der Waals surface area contributed by atoms with Crippen LogP contribution in [0.1, 0.15) is 50.7 Å². The minimum atomic E-state index is -3.75. The molecule has 0 fully saturated rings. The van der Waals surface area contributed by atoms with E-state index < -0.39 is 7.82 Å². The molecule has 0 radical (unpaired) electrons. The van der Waals surface area contributed by atoms with E-state index in [4.69, 9.17) is 13.9 Å². The summed E-state index contributed by atoms with van der Waals surface area (Å²) in [5.74, 6) is 0. The zero-order valence-corrected chi connectivity index (χ0v) is 14.6. The molecule has 0 saturated heterocycles. The molecule has 0 aliphatic heterocycles. The number of phosphoric acid groups is 1. The second-order valence-electron chi connectivity index (χ2n) is 5.00. The molecule has 1 rings (SSSR count). The number of phosphoric ester groups is 1. The molecule has 0 unspecified atom stereocenters. The normalized spacial score (nSPS) is 10.9. The average molecular weight is 316 g/mol. The SMILES string of the molecule is CCCCOP(=O)(O)OCCCC.Cc1ccc(C)cc1. The smallest absolute Gasteiger partial charge is 0.302 e. The van der Waals surface area contributed by atoms with Gasteiger partial charge in [0, 0.05) is 0 Å². The van der Waals surface area contributed by atoms with Gasteiger partial charge in [0.2, 0.25) is 0 Å². The number of unbranched alkanes of at least 4 members (excludes halogenated alkanes) is 2. The third kappa shape index (κ3) is 12.8. The number of aryl methyl sites for hydroxylation is 2. The molecule has 1 aromatic carbocycles. The molecule has 0 aliphatic rings. The Morgan fingerprint density at radius 3 is 1.52 bits per heavy atom. The lowest BCUT2D eigenvalue weighted by atomic mass is 10.2. The Hall–Kier alpha value is -0.670. The van der Waals surface area contributed by atoms with Gasteiger partial charge in [-0.25, -0.2) is 4.57 Å². The molecule has 0 aliphatic carbocycles. The van der Waals surface area contributed by atoms with Crippen molar-refractivity contribution in [1.82, 2.24) is 0 Å². The van der Waals surface area contributed by atoms with Gasteiger partial charge in [-0.1, -0.05) is 62.1 Å². The molecule has 21 heavy (non-hydrogen) atoms. The molecule has 0 heterocycles. The van der Waals surface area contributed by atoms with Gasteiger partial charge in [0.1, 0.15) is 0 Å². The second kappa shape index (κ2) is 11.9. The van der Waals surface area contributed by atoms with Gasteiger partial charge in [-0.2, -0.15) is 0 Å². The monoisotopic (exact) mass is 316 g/mol. The number of hydrogen-bond donors (Lipinski definition) is 1. The van der Waals surface area contributed by atoms with Crippen LogP contribution in [0.3, 0.4) is 0 Å². The second-order valence-corrected chi connectivity index (χ2v) is 6.45. The molecule has 0 amide bonds. The first kappa shape index (κ1) is 20.3. The van der Waals surface area contributed by atoms with E-state index >= 15 is 0 Å². The van der Waals surface area contributed by atoms with Gasteiger partial charge in [0.25, 0.3) is 0 Å². The first-order valence-electron chi connectivity index (χ1n) is 7.56. The average Bonchev–Trinajstić information content (AvgIpc) is 2.43. The summed E-state index contributed by atoms with van der Waals surface area (Å²) in [7, 11) is -3.75. The highest BCUT2D eigenvalue weighted by Gasteiger charge is 2.19. The van der Waals surface area contributed by atoms with E-state index in [0.717, 1.165) is 25.7 Å². The predicted octanol–water partition coefficient (Wildman–Crippen LogP) is 5.02. The Balaban J connectivity index is 0.000000423. The molecule has 4 nitrogen and oxygen atoms in total. The Bertz CT molecular complexity index is 368. The van der Waals surface area contributed by atoms with Crippen molar-refractivity contribution in [1.29, 1.82) is 0 Å². The van der Waals surface area contributed by atoms with Gasteiger partial charge >= 0.3 is 7.82 Å². The summed E-state index contributed by atoms with van der Waals surface area (Å²) in [6.07, 6.45) is 3.44. The molecule has 0 spiro atoms. The lowest BCUT2D eigenvalue weighted by Crippen LogP contribution is -1.98. The fourth-order valence-electron chi connectivity index (χ4n) is 1.32. The van der Waals surface area contributed by atoms with Crippen LogP contribution in [0.4, 0.5) is 0 Å². The minimum Gasteiger partial charge on any atom is -0.302 e. The van der Waals surface area contributed by atoms with Crippen molar-refractivity contribution in [2.75, 3.05) is 13.2 Å². The fraction of sp³-hybridized carbons (Fsp3) is 0.625. The maximum atomic E-state index is 11.1. The molecular formula is C16H29O4P. The van der Waals surface area contributed by atoms with Crippen LogP contribution in [0.25, 0.3) is 0 Å². The van der Waals surface area contributed by atoms with Gasteiger partial charge < -0.3 is 4.89 Å². The molecular weight excluding hydrogens is 287 g/mol. The van der Waals surface area contributed by atoms with Crippen LogP contribution >= 0.6 is 7.82 Å². The summed E-state index contributed by atoms with van der Waals surface area (Å²) < 4.78 is 20.5. The van der Waals surface area contributed by atoms with Gasteiger partial charge in [-0.15, -0.1) is 0 Å². The zero-order chi connectivity index (χ0) is 16.1. The zero-order valence-electron chi connectivity index (χ0n) is 13.7. The lowest BCUT2D eigenvalue weighted by molar-refractivity contribution is 0.146. The van der Waals surface area contributed by atoms with Crippen molar-refractivity contribution in [3.8, 4) is 0 Å². The predicted molar refractivity (Wildman–Crippen MR) is 87.5 cm³/mol. The van der Waals surface area contributed by atoms with Gasteiger partial charge in [0.05, 0.1) is 13.2 Å². The maximum Gasteiger partial charge on any atom is 0.472 e. The van der Waals surface area contributed by atoms with Crippen molar-refractivity contribution in [2.24, 2.45) is 0 Å². The number of benzene rings is 1. The Kier molecular flexibility index (Phi) is 11.6. The summed E-state index contributed by atoms with van der Waals surface area (Å²) in [4.78, 5) is 9.08. The summed E-state index contributed by atoms with van der Waals surface area (Å²) in [6, 6.07) is 8.48. The molecule has 1 N–H and O–H groups in total. The highest BCUT2D eigenvalue weighted by molar-refractivity contribution is 7.47. The quantitative estimate of drug-likeness (QED) is 0.540. The van der Waals surface area contributed by atoms with Crippen LogP contribution in [0.15, 0.2) is 24.3 Å². The maximum absolute atomic E-state index is 11.1. The molecule has 0 saturated carbocycles. The molecule has 0 atom stereocenters. The topological polar surface area (TPSA) is 55.8 Å². The van der Waals surface area contributed by atoms with Crippen LogP contribution < -0.4 is 0 Å². The van der Waals surface area contributed by atoms with E-state index in [1.165, 1.54) is 11.1 Å². The van der Waals surface area contributed by atoms with Crippen LogP contribution in [0.5, 0.6) is 0 Å². The van der Waals surface area contributed by atoms with E-state index in [1.807, 2.05) is 13.8 Å². The van der Waals surface area contributed by atoms with Crippen LogP contribution in [0.2, 0.25) is 0 Å². The Morgan fingerprint density at radius 2 is 1.24 bits per heavy atom. The molecule has 0 aromatic heterocycles. The lowest BCUT2D eigenvalue weighted by Gasteiger charge is -2.10. The Morgan fingerprint density at radius 1 is 0.905 bits per heavy atom. The van der Waals surface area contributed by atoms with Gasteiger partial charge in [0.15, 0.2) is 0 Å². The third-order valence-corrected chi connectivity index (χ3v) is 3.74. The molecule has 122 valence electrons. The summed E-state index contributed by atoms with van der Waals surface area (Å²) >= 11 is 0. The Labute approximate surface area is 129 Å². The standard InChI is InChI=1S/C8H19O4P.C8H10/c1-3-5-7-11-13(9,10)12-8-6-4-2;1-7-3-5-8(2)6-4-7/h3-8H2,1-2H3,(H,9,10);3-6H,1-2H3. The third-order valence-electron chi connectivity index (χ3n) is 2.72. The number of hydrogen-bond acceptors (Lipinski definition) is 3. The summed E-state index contributed by atoms with van der Waals surface area (Å²) in [5, 5.41) is 0. The highest BCUT2D eigenvalue weighted by Crippen LogP contribution is 2.43. The fourth-order valence-corrected chi connectivity index (χ4v) is 2.12. The van der Waals surface area contributed by atoms with E-state index in [1.54, 1.807) is 0 Å². The van der Waals surface area contributed by atoms with Crippen LogP contribution in [-0.4, -0.2) is 18.1 Å². The number of rotatable bonds is 8. The van der Waals surface area contributed by atoms with Crippen LogP contribution in [0, 0.1) is 13.8 Å². The van der Waals surface area contributed by atoms with E-state index in [2.05, 4.69) is 38.1 Å². The first-order chi connectivity index (χ1) is 9.91. The van der Waals surface area contributed by atoms with Crippen molar-refractivity contribution >= 4 is 7.82 Å². The summed E-state index contributed by atoms with van der Waals surface area (Å²) in [6.45, 7) is 8.75.